The van der Waals surface area contributed by atoms with Crippen molar-refractivity contribution in [3.8, 4) is 0 Å². The van der Waals surface area contributed by atoms with E-state index in [0.29, 0.717) is 5.41 Å². The molecule has 0 atom stereocenters. The Balaban J connectivity index is 2.20. The van der Waals surface area contributed by atoms with E-state index in [1.165, 1.54) is 12.8 Å². The summed E-state index contributed by atoms with van der Waals surface area (Å²) in [5.41, 5.74) is 0.292. The van der Waals surface area contributed by atoms with Crippen LogP contribution in [0, 0.1) is 11.3 Å². The fourth-order valence-corrected chi connectivity index (χ4v) is 1.62. The van der Waals surface area contributed by atoms with Crippen molar-refractivity contribution in [2.45, 2.75) is 47.0 Å². The van der Waals surface area contributed by atoms with Gasteiger partial charge in [-0.3, -0.25) is 0 Å². The van der Waals surface area contributed by atoms with Gasteiger partial charge in [-0.05, 0) is 37.5 Å². The Morgan fingerprint density at radius 3 is 2.44 bits per heavy atom. The predicted molar refractivity (Wildman–Crippen MR) is 67.4 cm³/mol. The van der Waals surface area contributed by atoms with Crippen molar-refractivity contribution in [2.24, 2.45) is 11.3 Å². The van der Waals surface area contributed by atoms with Gasteiger partial charge in [0.05, 0.1) is 0 Å². The third-order valence-corrected chi connectivity index (χ3v) is 3.00. The summed E-state index contributed by atoms with van der Waals surface area (Å²) in [5.74, 6) is 0.772. The minimum atomic E-state index is 0.110. The number of hydrogen-bond donors (Lipinski definition) is 1. The summed E-state index contributed by atoms with van der Waals surface area (Å²) in [6.45, 7) is 11.2. The second-order valence-electron chi connectivity index (χ2n) is 6.02. The number of urea groups is 1. The van der Waals surface area contributed by atoms with Crippen molar-refractivity contribution in [3.05, 3.63) is 0 Å². The highest BCUT2D eigenvalue weighted by Crippen LogP contribution is 2.29. The van der Waals surface area contributed by atoms with Crippen molar-refractivity contribution in [2.75, 3.05) is 19.6 Å². The van der Waals surface area contributed by atoms with Crippen molar-refractivity contribution < 1.29 is 4.79 Å². The number of nitrogens with zero attached hydrogens (tertiary/aromatic N) is 1. The molecule has 1 aliphatic carbocycles. The molecule has 0 spiro atoms. The Bertz CT molecular complexity index is 229. The van der Waals surface area contributed by atoms with E-state index in [9.17, 15) is 4.79 Å². The number of hydrogen-bond acceptors (Lipinski definition) is 1. The van der Waals surface area contributed by atoms with E-state index < -0.39 is 0 Å². The minimum Gasteiger partial charge on any atom is -0.338 e. The van der Waals surface area contributed by atoms with Gasteiger partial charge in [-0.25, -0.2) is 4.79 Å². The first-order valence-electron chi connectivity index (χ1n) is 6.45. The zero-order valence-corrected chi connectivity index (χ0v) is 11.2. The van der Waals surface area contributed by atoms with Crippen LogP contribution in [0.3, 0.4) is 0 Å². The average molecular weight is 226 g/mol. The molecule has 0 heterocycles. The number of rotatable bonds is 5. The summed E-state index contributed by atoms with van der Waals surface area (Å²) in [4.78, 5) is 13.8. The lowest BCUT2D eigenvalue weighted by molar-refractivity contribution is 0.196. The SMILES string of the molecule is CCN(CC1CC1)C(=O)NCCC(C)(C)C. The maximum absolute atomic E-state index is 11.8. The van der Waals surface area contributed by atoms with E-state index in [0.717, 1.165) is 32.0 Å². The third kappa shape index (κ3) is 5.38. The molecule has 1 fully saturated rings. The van der Waals surface area contributed by atoms with E-state index in [1.807, 2.05) is 11.8 Å². The zero-order valence-electron chi connectivity index (χ0n) is 11.2. The maximum Gasteiger partial charge on any atom is 0.317 e. The predicted octanol–water partition coefficient (Wildman–Crippen LogP) is 2.86. The van der Waals surface area contributed by atoms with Crippen LogP contribution in [0.1, 0.15) is 47.0 Å². The molecule has 3 heteroatoms. The second kappa shape index (κ2) is 5.55. The molecule has 2 amide bonds. The van der Waals surface area contributed by atoms with Gasteiger partial charge in [-0.15, -0.1) is 0 Å². The molecule has 16 heavy (non-hydrogen) atoms. The van der Waals surface area contributed by atoms with Crippen LogP contribution in [0.4, 0.5) is 4.79 Å². The second-order valence-corrected chi connectivity index (χ2v) is 6.02. The van der Waals surface area contributed by atoms with Gasteiger partial charge < -0.3 is 10.2 Å². The van der Waals surface area contributed by atoms with Crippen LogP contribution in [0.15, 0.2) is 0 Å². The average Bonchev–Trinajstić information content (AvgIpc) is 2.95. The molecule has 0 aliphatic heterocycles. The molecule has 1 N–H and O–H groups in total. The normalized spacial score (nSPS) is 16.0. The molecule has 0 aromatic rings. The zero-order chi connectivity index (χ0) is 12.2. The van der Waals surface area contributed by atoms with E-state index in [-0.39, 0.29) is 6.03 Å². The fourth-order valence-electron chi connectivity index (χ4n) is 1.62. The van der Waals surface area contributed by atoms with Gasteiger partial charge in [-0.2, -0.15) is 0 Å². The Morgan fingerprint density at radius 2 is 2.00 bits per heavy atom. The molecule has 0 radical (unpaired) electrons. The van der Waals surface area contributed by atoms with Gasteiger partial charge in [-0.1, -0.05) is 20.8 Å². The Hall–Kier alpha value is -0.730. The van der Waals surface area contributed by atoms with Crippen molar-refractivity contribution in [1.82, 2.24) is 10.2 Å². The molecule has 1 saturated carbocycles. The lowest BCUT2D eigenvalue weighted by atomic mass is 9.92. The minimum absolute atomic E-state index is 0.110. The molecular formula is C13H26N2O. The van der Waals surface area contributed by atoms with Gasteiger partial charge in [0.2, 0.25) is 0 Å². The number of carbonyl (C=O) groups excluding carboxylic acids is 1. The van der Waals surface area contributed by atoms with Crippen LogP contribution in [0.5, 0.6) is 0 Å². The van der Waals surface area contributed by atoms with E-state index in [4.69, 9.17) is 0 Å². The number of nitrogens with one attached hydrogen (secondary N) is 1. The van der Waals surface area contributed by atoms with Crippen LogP contribution in [0.2, 0.25) is 0 Å². The van der Waals surface area contributed by atoms with E-state index in [1.54, 1.807) is 0 Å². The van der Waals surface area contributed by atoms with E-state index in [2.05, 4.69) is 26.1 Å². The van der Waals surface area contributed by atoms with Crippen molar-refractivity contribution in [1.29, 1.82) is 0 Å². The van der Waals surface area contributed by atoms with Crippen LogP contribution in [-0.2, 0) is 0 Å². The van der Waals surface area contributed by atoms with Gasteiger partial charge in [0, 0.05) is 19.6 Å². The largest absolute Gasteiger partial charge is 0.338 e. The van der Waals surface area contributed by atoms with E-state index >= 15 is 0 Å². The summed E-state index contributed by atoms with van der Waals surface area (Å²) in [6.07, 6.45) is 3.62. The van der Waals surface area contributed by atoms with Gasteiger partial charge in [0.1, 0.15) is 0 Å². The van der Waals surface area contributed by atoms with Gasteiger partial charge in [0.15, 0.2) is 0 Å². The van der Waals surface area contributed by atoms with Crippen LogP contribution in [-0.4, -0.2) is 30.6 Å². The number of amides is 2. The lowest BCUT2D eigenvalue weighted by Gasteiger charge is -2.23. The van der Waals surface area contributed by atoms with Gasteiger partial charge in [0.25, 0.3) is 0 Å². The summed E-state index contributed by atoms with van der Waals surface area (Å²) in [7, 11) is 0. The fraction of sp³-hybridized carbons (Fsp3) is 0.923. The van der Waals surface area contributed by atoms with Crippen molar-refractivity contribution in [3.63, 3.8) is 0 Å². The first-order valence-corrected chi connectivity index (χ1v) is 6.45. The molecule has 1 aliphatic rings. The molecule has 0 bridgehead atoms. The van der Waals surface area contributed by atoms with Gasteiger partial charge >= 0.3 is 6.03 Å². The molecule has 1 rings (SSSR count). The molecule has 0 aromatic carbocycles. The highest BCUT2D eigenvalue weighted by molar-refractivity contribution is 5.74. The highest BCUT2D eigenvalue weighted by atomic mass is 16.2. The first-order chi connectivity index (χ1) is 7.42. The number of carbonyl (C=O) groups is 1. The molecular weight excluding hydrogens is 200 g/mol. The van der Waals surface area contributed by atoms with Crippen LogP contribution >= 0.6 is 0 Å². The quantitative estimate of drug-likeness (QED) is 0.768. The molecule has 94 valence electrons. The Labute approximate surface area is 99.6 Å². The smallest absolute Gasteiger partial charge is 0.317 e. The molecule has 0 saturated heterocycles. The molecule has 0 unspecified atom stereocenters. The lowest BCUT2D eigenvalue weighted by Crippen LogP contribution is -2.41. The Kier molecular flexibility index (Phi) is 4.63. The van der Waals surface area contributed by atoms with Crippen molar-refractivity contribution >= 4 is 6.03 Å². The summed E-state index contributed by atoms with van der Waals surface area (Å²) < 4.78 is 0. The first kappa shape index (κ1) is 13.3. The summed E-state index contributed by atoms with van der Waals surface area (Å²) >= 11 is 0. The maximum atomic E-state index is 11.8. The topological polar surface area (TPSA) is 32.3 Å². The molecule has 3 nitrogen and oxygen atoms in total. The van der Waals surface area contributed by atoms with Crippen LogP contribution in [0.25, 0.3) is 0 Å². The Morgan fingerprint density at radius 1 is 1.38 bits per heavy atom. The molecule has 0 aromatic heterocycles. The standard InChI is InChI=1S/C13H26N2O/c1-5-15(10-11-6-7-11)12(16)14-9-8-13(2,3)4/h11H,5-10H2,1-4H3,(H,14,16). The highest BCUT2D eigenvalue weighted by Gasteiger charge is 2.25. The third-order valence-electron chi connectivity index (χ3n) is 3.00. The summed E-state index contributed by atoms with van der Waals surface area (Å²) in [5, 5.41) is 3.01. The van der Waals surface area contributed by atoms with Crippen LogP contribution < -0.4 is 5.32 Å². The summed E-state index contributed by atoms with van der Waals surface area (Å²) in [6, 6.07) is 0.110. The monoisotopic (exact) mass is 226 g/mol.